The summed E-state index contributed by atoms with van der Waals surface area (Å²) in [5.74, 6) is -1.38. The Kier molecular flexibility index (Phi) is 7.18. The van der Waals surface area contributed by atoms with Crippen LogP contribution >= 0.6 is 22.9 Å². The summed E-state index contributed by atoms with van der Waals surface area (Å²) < 4.78 is 24.9. The van der Waals surface area contributed by atoms with Gasteiger partial charge in [0.05, 0.1) is 34.2 Å². The van der Waals surface area contributed by atoms with Crippen LogP contribution in [0.2, 0.25) is 5.02 Å². The minimum Gasteiger partial charge on any atom is -0.365 e. The lowest BCUT2D eigenvalue weighted by Gasteiger charge is -2.23. The minimum atomic E-state index is -3.62. The zero-order valence-electron chi connectivity index (χ0n) is 16.7. The fraction of sp³-hybridized carbons (Fsp3) is 0.400. The maximum atomic E-state index is 12.5. The highest BCUT2D eigenvalue weighted by Crippen LogP contribution is 2.34. The summed E-state index contributed by atoms with van der Waals surface area (Å²) in [7, 11) is -3.62. The van der Waals surface area contributed by atoms with Crippen LogP contribution in [0.5, 0.6) is 0 Å². The molecule has 7 nitrogen and oxygen atoms in total. The average molecular weight is 471 g/mol. The Bertz CT molecular complexity index is 1050. The SMILES string of the molecule is CCC[NH+]1CCc2c(sc(NC(=O)CCS(=O)(=O)c3ccc(Cl)cc3)c2C(N)=O)C1. The largest absolute Gasteiger partial charge is 0.365 e. The number of thiophene rings is 1. The number of primary amides is 1. The average Bonchev–Trinajstić information content (AvgIpc) is 3.04. The van der Waals surface area contributed by atoms with Crippen molar-refractivity contribution in [2.75, 3.05) is 24.2 Å². The molecule has 0 saturated heterocycles. The summed E-state index contributed by atoms with van der Waals surface area (Å²) in [6.45, 7) is 4.91. The molecule has 0 radical (unpaired) electrons. The highest BCUT2D eigenvalue weighted by Gasteiger charge is 2.29. The summed E-state index contributed by atoms with van der Waals surface area (Å²) in [5.41, 5.74) is 6.86. The van der Waals surface area contributed by atoms with Crippen molar-refractivity contribution in [2.45, 2.75) is 37.6 Å². The van der Waals surface area contributed by atoms with Crippen LogP contribution in [0.1, 0.15) is 40.6 Å². The van der Waals surface area contributed by atoms with E-state index >= 15 is 0 Å². The van der Waals surface area contributed by atoms with E-state index in [4.69, 9.17) is 17.3 Å². The molecule has 30 heavy (non-hydrogen) atoms. The zero-order chi connectivity index (χ0) is 21.9. The highest BCUT2D eigenvalue weighted by atomic mass is 35.5. The lowest BCUT2D eigenvalue weighted by atomic mass is 10.0. The molecule has 1 aromatic carbocycles. The normalized spacial score (nSPS) is 16.1. The Balaban J connectivity index is 1.71. The van der Waals surface area contributed by atoms with E-state index in [0.29, 0.717) is 15.6 Å². The highest BCUT2D eigenvalue weighted by molar-refractivity contribution is 7.91. The van der Waals surface area contributed by atoms with Crippen molar-refractivity contribution in [3.05, 3.63) is 45.3 Å². The zero-order valence-corrected chi connectivity index (χ0v) is 19.1. The van der Waals surface area contributed by atoms with Crippen molar-refractivity contribution in [3.63, 3.8) is 0 Å². The molecule has 0 aliphatic carbocycles. The van der Waals surface area contributed by atoms with Crippen LogP contribution in [-0.4, -0.2) is 39.1 Å². The second kappa shape index (κ2) is 9.47. The Morgan fingerprint density at radius 2 is 1.97 bits per heavy atom. The van der Waals surface area contributed by atoms with Crippen LogP contribution in [0.25, 0.3) is 0 Å². The number of quaternary nitrogens is 1. The fourth-order valence-electron chi connectivity index (χ4n) is 3.63. The van der Waals surface area contributed by atoms with Crippen LogP contribution in [0.3, 0.4) is 0 Å². The van der Waals surface area contributed by atoms with Crippen molar-refractivity contribution in [3.8, 4) is 0 Å². The molecule has 1 aromatic heterocycles. The Hall–Kier alpha value is -1.94. The van der Waals surface area contributed by atoms with E-state index in [1.165, 1.54) is 40.5 Å². The van der Waals surface area contributed by atoms with E-state index in [1.807, 2.05) is 0 Å². The molecular weight excluding hydrogens is 446 g/mol. The van der Waals surface area contributed by atoms with Gasteiger partial charge in [0.25, 0.3) is 5.91 Å². The number of halogens is 1. The van der Waals surface area contributed by atoms with Gasteiger partial charge in [-0.25, -0.2) is 8.42 Å². The number of nitrogens with one attached hydrogen (secondary N) is 2. The molecular formula is C20H25ClN3O4S2+. The van der Waals surface area contributed by atoms with Gasteiger partial charge in [-0.15, -0.1) is 11.3 Å². The van der Waals surface area contributed by atoms with Crippen molar-refractivity contribution in [1.29, 1.82) is 0 Å². The molecule has 3 rings (SSSR count). The quantitative estimate of drug-likeness (QED) is 0.544. The number of benzene rings is 1. The number of carbonyl (C=O) groups excluding carboxylic acids is 2. The summed E-state index contributed by atoms with van der Waals surface area (Å²) in [6.07, 6.45) is 1.59. The topological polar surface area (TPSA) is 111 Å². The number of fused-ring (bicyclic) bond motifs is 1. The van der Waals surface area contributed by atoms with Gasteiger partial charge in [-0.05, 0) is 36.2 Å². The number of amides is 2. The first kappa shape index (κ1) is 22.7. The molecule has 1 unspecified atom stereocenters. The second-order valence-electron chi connectivity index (χ2n) is 7.32. The van der Waals surface area contributed by atoms with Crippen molar-refractivity contribution >= 4 is 49.6 Å². The maximum absolute atomic E-state index is 12.5. The number of hydrogen-bond acceptors (Lipinski definition) is 5. The number of sulfone groups is 1. The molecule has 1 atom stereocenters. The van der Waals surface area contributed by atoms with Gasteiger partial charge in [-0.3, -0.25) is 9.59 Å². The van der Waals surface area contributed by atoms with Gasteiger partial charge in [0.15, 0.2) is 9.84 Å². The minimum absolute atomic E-state index is 0.114. The summed E-state index contributed by atoms with van der Waals surface area (Å²) in [6, 6.07) is 5.82. The number of rotatable bonds is 8. The Morgan fingerprint density at radius 3 is 2.60 bits per heavy atom. The van der Waals surface area contributed by atoms with Gasteiger partial charge in [-0.1, -0.05) is 18.5 Å². The molecule has 4 N–H and O–H groups in total. The molecule has 0 spiro atoms. The first-order valence-corrected chi connectivity index (χ1v) is 12.6. The first-order chi connectivity index (χ1) is 14.2. The maximum Gasteiger partial charge on any atom is 0.252 e. The van der Waals surface area contributed by atoms with Crippen LogP contribution in [0, 0.1) is 0 Å². The molecule has 0 saturated carbocycles. The molecule has 2 heterocycles. The predicted octanol–water partition coefficient (Wildman–Crippen LogP) is 1.65. The van der Waals surface area contributed by atoms with Gasteiger partial charge >= 0.3 is 0 Å². The van der Waals surface area contributed by atoms with E-state index in [1.54, 1.807) is 0 Å². The summed E-state index contributed by atoms with van der Waals surface area (Å²) >= 11 is 7.15. The Morgan fingerprint density at radius 1 is 1.27 bits per heavy atom. The number of nitrogens with two attached hydrogens (primary N) is 1. The third-order valence-electron chi connectivity index (χ3n) is 5.10. The van der Waals surface area contributed by atoms with Gasteiger partial charge < -0.3 is 16.0 Å². The summed E-state index contributed by atoms with van der Waals surface area (Å²) in [4.78, 5) is 27.1. The first-order valence-electron chi connectivity index (χ1n) is 9.77. The van der Waals surface area contributed by atoms with E-state index in [-0.39, 0.29) is 17.1 Å². The van der Waals surface area contributed by atoms with Crippen molar-refractivity contribution in [1.82, 2.24) is 0 Å². The fourth-order valence-corrected chi connectivity index (χ4v) is 6.34. The molecule has 1 aliphatic heterocycles. The van der Waals surface area contributed by atoms with Crippen LogP contribution in [0.15, 0.2) is 29.2 Å². The van der Waals surface area contributed by atoms with Gasteiger partial charge in [0, 0.05) is 17.9 Å². The molecule has 0 fully saturated rings. The van der Waals surface area contributed by atoms with Gasteiger partial charge in [0.2, 0.25) is 5.91 Å². The van der Waals surface area contributed by atoms with Gasteiger partial charge in [0.1, 0.15) is 11.5 Å². The van der Waals surface area contributed by atoms with E-state index in [0.717, 1.165) is 42.9 Å². The van der Waals surface area contributed by atoms with E-state index < -0.39 is 21.7 Å². The molecule has 10 heteroatoms. The van der Waals surface area contributed by atoms with E-state index in [2.05, 4.69) is 12.2 Å². The third-order valence-corrected chi connectivity index (χ3v) is 8.23. The van der Waals surface area contributed by atoms with Crippen LogP contribution in [-0.2, 0) is 27.6 Å². The van der Waals surface area contributed by atoms with Crippen LogP contribution in [0.4, 0.5) is 5.00 Å². The standard InChI is InChI=1S/C20H24ClN3O4S2/c1-2-9-24-10-7-15-16(12-24)29-20(18(15)19(22)26)23-17(25)8-11-30(27,28)14-5-3-13(21)4-6-14/h3-6H,2,7-12H2,1H3,(H2,22,26)(H,23,25)/p+1. The smallest absolute Gasteiger partial charge is 0.252 e. The van der Waals surface area contributed by atoms with Crippen molar-refractivity contribution in [2.24, 2.45) is 5.73 Å². The third kappa shape index (κ3) is 5.21. The number of hydrogen-bond donors (Lipinski definition) is 3. The number of carbonyl (C=O) groups is 2. The monoisotopic (exact) mass is 470 g/mol. The lowest BCUT2D eigenvalue weighted by molar-refractivity contribution is -0.915. The lowest BCUT2D eigenvalue weighted by Crippen LogP contribution is -3.11. The van der Waals surface area contributed by atoms with E-state index in [9.17, 15) is 18.0 Å². The summed E-state index contributed by atoms with van der Waals surface area (Å²) in [5, 5.41) is 3.57. The predicted molar refractivity (Wildman–Crippen MR) is 118 cm³/mol. The van der Waals surface area contributed by atoms with Gasteiger partial charge in [-0.2, -0.15) is 0 Å². The molecule has 2 amide bonds. The second-order valence-corrected chi connectivity index (χ2v) is 11.0. The molecule has 162 valence electrons. The van der Waals surface area contributed by atoms with Crippen LogP contribution < -0.4 is 16.0 Å². The Labute approximate surface area is 185 Å². The molecule has 1 aliphatic rings. The number of anilines is 1. The molecule has 0 bridgehead atoms. The molecule has 2 aromatic rings. The van der Waals surface area contributed by atoms with Crippen molar-refractivity contribution < 1.29 is 22.9 Å².